The third-order valence-corrected chi connectivity index (χ3v) is 5.49. The molecule has 0 saturated carbocycles. The van der Waals surface area contributed by atoms with Crippen molar-refractivity contribution >= 4 is 29.0 Å². The largest absolute Gasteiger partial charge is 0.497 e. The van der Waals surface area contributed by atoms with E-state index in [1.54, 1.807) is 31.4 Å². The van der Waals surface area contributed by atoms with Gasteiger partial charge >= 0.3 is 0 Å². The number of H-pyrrole nitrogens is 1. The van der Waals surface area contributed by atoms with Gasteiger partial charge in [0, 0.05) is 28.4 Å². The van der Waals surface area contributed by atoms with E-state index in [0.29, 0.717) is 34.8 Å². The second-order valence-corrected chi connectivity index (χ2v) is 7.60. The number of benzene rings is 2. The Hall–Kier alpha value is -3.38. The van der Waals surface area contributed by atoms with Crippen LogP contribution in [0, 0.1) is 0 Å². The fourth-order valence-corrected chi connectivity index (χ4v) is 3.77. The van der Waals surface area contributed by atoms with Crippen molar-refractivity contribution < 1.29 is 14.3 Å². The highest BCUT2D eigenvalue weighted by molar-refractivity contribution is 6.30. The van der Waals surface area contributed by atoms with Gasteiger partial charge in [0.2, 0.25) is 0 Å². The molecular weight excluding hydrogens is 404 g/mol. The topological polar surface area (TPSA) is 88.3 Å². The van der Waals surface area contributed by atoms with Gasteiger partial charge in [-0.1, -0.05) is 23.7 Å². The predicted molar refractivity (Wildman–Crippen MR) is 115 cm³/mol. The lowest BCUT2D eigenvalue weighted by Crippen LogP contribution is -2.29. The summed E-state index contributed by atoms with van der Waals surface area (Å²) in [5.74, 6) is 0.0200. The van der Waals surface area contributed by atoms with E-state index in [4.69, 9.17) is 16.3 Å². The third kappa shape index (κ3) is 4.00. The van der Waals surface area contributed by atoms with Gasteiger partial charge in [-0.05, 0) is 60.4 Å². The summed E-state index contributed by atoms with van der Waals surface area (Å²) in [6.07, 6.45) is 0.825. The molecule has 0 unspecified atom stereocenters. The molecule has 7 heteroatoms. The summed E-state index contributed by atoms with van der Waals surface area (Å²) in [6.45, 7) is 0. The van der Waals surface area contributed by atoms with Crippen LogP contribution in [0.25, 0.3) is 0 Å². The number of ether oxygens (including phenoxy) is 1. The van der Waals surface area contributed by atoms with E-state index in [1.165, 1.54) is 6.07 Å². The van der Waals surface area contributed by atoms with E-state index in [9.17, 15) is 14.4 Å². The Labute approximate surface area is 177 Å². The Bertz CT molecular complexity index is 1170. The molecule has 1 aromatic heterocycles. The molecule has 0 saturated heterocycles. The molecule has 1 aliphatic rings. The number of amides is 1. The number of carbonyl (C=O) groups excluding carboxylic acids is 2. The van der Waals surface area contributed by atoms with Crippen LogP contribution in [0.5, 0.6) is 5.75 Å². The average molecular weight is 423 g/mol. The Kier molecular flexibility index (Phi) is 5.42. The van der Waals surface area contributed by atoms with Gasteiger partial charge in [-0.2, -0.15) is 0 Å². The van der Waals surface area contributed by atoms with Crippen LogP contribution in [0.1, 0.15) is 44.3 Å². The van der Waals surface area contributed by atoms with E-state index in [-0.39, 0.29) is 17.3 Å². The standard InChI is InChI=1S/C23H19ClN2O4/c1-30-17-8-2-13(3-9-17)14-10-20-18(21(27)11-14)12-19(23(29)26-20)22(28)25-16-6-4-15(24)5-7-16/h2-9,12,14H,10-11H2,1H3,(H,25,28)(H,26,29)/t14-/m1/s1. The van der Waals surface area contributed by atoms with Gasteiger partial charge in [-0.3, -0.25) is 14.4 Å². The van der Waals surface area contributed by atoms with Gasteiger partial charge in [0.25, 0.3) is 11.5 Å². The molecule has 0 radical (unpaired) electrons. The summed E-state index contributed by atoms with van der Waals surface area (Å²) in [4.78, 5) is 40.6. The number of hydrogen-bond donors (Lipinski definition) is 2. The third-order valence-electron chi connectivity index (χ3n) is 5.24. The van der Waals surface area contributed by atoms with Crippen LogP contribution in [-0.4, -0.2) is 23.8 Å². The van der Waals surface area contributed by atoms with Gasteiger partial charge in [0.1, 0.15) is 11.3 Å². The molecule has 6 nitrogen and oxygen atoms in total. The zero-order chi connectivity index (χ0) is 21.3. The Morgan fingerprint density at radius 3 is 2.43 bits per heavy atom. The number of aromatic nitrogens is 1. The lowest BCUT2D eigenvalue weighted by Gasteiger charge is -2.24. The number of Topliss-reactive ketones (excluding diaryl/α,β-unsaturated/α-hetero) is 1. The number of pyridine rings is 1. The minimum atomic E-state index is -0.577. The number of hydrogen-bond acceptors (Lipinski definition) is 4. The van der Waals surface area contributed by atoms with Crippen molar-refractivity contribution in [2.24, 2.45) is 0 Å². The molecule has 1 atom stereocenters. The van der Waals surface area contributed by atoms with Crippen LogP contribution in [-0.2, 0) is 6.42 Å². The summed E-state index contributed by atoms with van der Waals surface area (Å²) in [6, 6.07) is 15.5. The highest BCUT2D eigenvalue weighted by atomic mass is 35.5. The molecular formula is C23H19ClN2O4. The summed E-state index contributed by atoms with van der Waals surface area (Å²) >= 11 is 5.85. The monoisotopic (exact) mass is 422 g/mol. The van der Waals surface area contributed by atoms with Crippen molar-refractivity contribution in [2.75, 3.05) is 12.4 Å². The summed E-state index contributed by atoms with van der Waals surface area (Å²) < 4.78 is 5.17. The summed E-state index contributed by atoms with van der Waals surface area (Å²) in [5, 5.41) is 3.19. The van der Waals surface area contributed by atoms with Crippen molar-refractivity contribution in [1.82, 2.24) is 4.98 Å². The SMILES string of the molecule is COc1ccc([C@H]2CC(=O)c3cc(C(=O)Nc4ccc(Cl)cc4)c(=O)[nH]c3C2)cc1. The van der Waals surface area contributed by atoms with Crippen molar-refractivity contribution in [3.8, 4) is 5.75 Å². The highest BCUT2D eigenvalue weighted by Gasteiger charge is 2.29. The molecule has 0 aliphatic heterocycles. The van der Waals surface area contributed by atoms with Crippen molar-refractivity contribution in [3.05, 3.63) is 92.4 Å². The zero-order valence-corrected chi connectivity index (χ0v) is 17.0. The van der Waals surface area contributed by atoms with E-state index in [0.717, 1.165) is 11.3 Å². The Morgan fingerprint density at radius 1 is 1.07 bits per heavy atom. The first-order chi connectivity index (χ1) is 14.4. The molecule has 152 valence electrons. The fourth-order valence-electron chi connectivity index (χ4n) is 3.64. The van der Waals surface area contributed by atoms with Crippen LogP contribution < -0.4 is 15.6 Å². The molecule has 0 fully saturated rings. The van der Waals surface area contributed by atoms with E-state index in [1.807, 2.05) is 24.3 Å². The highest BCUT2D eigenvalue weighted by Crippen LogP contribution is 2.32. The second-order valence-electron chi connectivity index (χ2n) is 7.17. The zero-order valence-electron chi connectivity index (χ0n) is 16.2. The van der Waals surface area contributed by atoms with Crippen molar-refractivity contribution in [3.63, 3.8) is 0 Å². The second kappa shape index (κ2) is 8.16. The Balaban J connectivity index is 1.59. The number of ketones is 1. The predicted octanol–water partition coefficient (Wildman–Crippen LogP) is 4.20. The maximum atomic E-state index is 12.8. The van der Waals surface area contributed by atoms with Gasteiger partial charge < -0.3 is 15.0 Å². The minimum Gasteiger partial charge on any atom is -0.497 e. The first kappa shape index (κ1) is 19.9. The number of fused-ring (bicyclic) bond motifs is 1. The van der Waals surface area contributed by atoms with E-state index < -0.39 is 11.5 Å². The molecule has 3 aromatic rings. The van der Waals surface area contributed by atoms with Crippen LogP contribution in [0.15, 0.2) is 59.4 Å². The van der Waals surface area contributed by atoms with Crippen LogP contribution >= 0.6 is 11.6 Å². The molecule has 0 spiro atoms. The van der Waals surface area contributed by atoms with E-state index in [2.05, 4.69) is 10.3 Å². The lowest BCUT2D eigenvalue weighted by molar-refractivity contribution is 0.0963. The number of rotatable bonds is 4. The normalized spacial score (nSPS) is 15.4. The van der Waals surface area contributed by atoms with Gasteiger partial charge in [0.05, 0.1) is 7.11 Å². The first-order valence-electron chi connectivity index (χ1n) is 9.45. The molecule has 30 heavy (non-hydrogen) atoms. The smallest absolute Gasteiger partial charge is 0.261 e. The number of methoxy groups -OCH3 is 1. The van der Waals surface area contributed by atoms with Crippen molar-refractivity contribution in [2.45, 2.75) is 18.8 Å². The maximum absolute atomic E-state index is 12.8. The van der Waals surface area contributed by atoms with Crippen LogP contribution in [0.4, 0.5) is 5.69 Å². The van der Waals surface area contributed by atoms with Crippen LogP contribution in [0.3, 0.4) is 0 Å². The Morgan fingerprint density at radius 2 is 1.77 bits per heavy atom. The number of carbonyl (C=O) groups is 2. The molecule has 4 rings (SSSR count). The molecule has 1 heterocycles. The van der Waals surface area contributed by atoms with Crippen molar-refractivity contribution in [1.29, 1.82) is 0 Å². The average Bonchev–Trinajstić information content (AvgIpc) is 2.74. The quantitative estimate of drug-likeness (QED) is 0.659. The number of anilines is 1. The van der Waals surface area contributed by atoms with Gasteiger partial charge in [0.15, 0.2) is 5.78 Å². The fraction of sp³-hybridized carbons (Fsp3) is 0.174. The maximum Gasteiger partial charge on any atom is 0.261 e. The summed E-state index contributed by atoms with van der Waals surface area (Å²) in [5.41, 5.74) is 1.83. The molecule has 2 aromatic carbocycles. The molecule has 1 amide bonds. The number of aromatic amines is 1. The van der Waals surface area contributed by atoms with Gasteiger partial charge in [-0.15, -0.1) is 0 Å². The first-order valence-corrected chi connectivity index (χ1v) is 9.82. The molecule has 1 aliphatic carbocycles. The van der Waals surface area contributed by atoms with Crippen LogP contribution in [0.2, 0.25) is 5.02 Å². The van der Waals surface area contributed by atoms with Gasteiger partial charge in [-0.25, -0.2) is 0 Å². The molecule has 2 N–H and O–H groups in total. The number of nitrogens with one attached hydrogen (secondary N) is 2. The van der Waals surface area contributed by atoms with E-state index >= 15 is 0 Å². The summed E-state index contributed by atoms with van der Waals surface area (Å²) in [7, 11) is 1.60. The number of halogens is 1. The lowest BCUT2D eigenvalue weighted by atomic mass is 9.81. The molecule has 0 bridgehead atoms. The minimum absolute atomic E-state index is 0.0414.